The maximum absolute atomic E-state index is 12.8. The summed E-state index contributed by atoms with van der Waals surface area (Å²) in [4.78, 5) is 13.8. The van der Waals surface area contributed by atoms with Gasteiger partial charge in [0, 0.05) is 19.2 Å². The minimum absolute atomic E-state index is 0.159. The van der Waals surface area contributed by atoms with Gasteiger partial charge in [0.15, 0.2) is 0 Å². The van der Waals surface area contributed by atoms with Crippen LogP contribution in [0.3, 0.4) is 0 Å². The van der Waals surface area contributed by atoms with Crippen LogP contribution in [0.2, 0.25) is 0 Å². The summed E-state index contributed by atoms with van der Waals surface area (Å²) in [6.07, 6.45) is -3.91. The average Bonchev–Trinajstić information content (AvgIpc) is 3.17. The fourth-order valence-electron chi connectivity index (χ4n) is 3.06. The zero-order valence-electron chi connectivity index (χ0n) is 15.2. The SMILES string of the molecule is O[C@@H](CNc1cc(N2CCn3nc(C(F)(F)F)nc3C2)ncn1)c1ccccc1. The molecule has 11 heteroatoms. The van der Waals surface area contributed by atoms with Crippen LogP contribution in [0.4, 0.5) is 24.8 Å². The fraction of sp³-hybridized carbons (Fsp3) is 0.333. The van der Waals surface area contributed by atoms with Crippen molar-refractivity contribution in [1.82, 2.24) is 24.7 Å². The van der Waals surface area contributed by atoms with Crippen LogP contribution in [0.1, 0.15) is 23.3 Å². The monoisotopic (exact) mass is 405 g/mol. The molecule has 0 spiro atoms. The van der Waals surface area contributed by atoms with Crippen molar-refractivity contribution in [2.75, 3.05) is 23.3 Å². The first kappa shape index (κ1) is 19.1. The van der Waals surface area contributed by atoms with E-state index in [4.69, 9.17) is 0 Å². The van der Waals surface area contributed by atoms with Crippen LogP contribution in [-0.4, -0.2) is 42.9 Å². The predicted octanol–water partition coefficient (Wildman–Crippen LogP) is 2.25. The lowest BCUT2D eigenvalue weighted by Crippen LogP contribution is -2.34. The van der Waals surface area contributed by atoms with Gasteiger partial charge in [-0.05, 0) is 5.56 Å². The number of nitrogens with zero attached hydrogens (tertiary/aromatic N) is 6. The van der Waals surface area contributed by atoms with Gasteiger partial charge in [0.25, 0.3) is 5.82 Å². The molecule has 2 aromatic heterocycles. The Balaban J connectivity index is 1.43. The van der Waals surface area contributed by atoms with Crippen molar-refractivity contribution in [2.24, 2.45) is 0 Å². The van der Waals surface area contributed by atoms with Gasteiger partial charge in [0.05, 0.1) is 19.2 Å². The summed E-state index contributed by atoms with van der Waals surface area (Å²) in [7, 11) is 0. The number of fused-ring (bicyclic) bond motifs is 1. The number of rotatable bonds is 5. The van der Waals surface area contributed by atoms with E-state index in [1.807, 2.05) is 35.2 Å². The van der Waals surface area contributed by atoms with E-state index < -0.39 is 18.1 Å². The number of benzene rings is 1. The summed E-state index contributed by atoms with van der Waals surface area (Å²) in [6, 6.07) is 10.9. The molecule has 0 fully saturated rings. The number of anilines is 2. The Labute approximate surface area is 164 Å². The number of alkyl halides is 3. The third kappa shape index (κ3) is 4.29. The van der Waals surface area contributed by atoms with Crippen molar-refractivity contribution in [3.8, 4) is 0 Å². The van der Waals surface area contributed by atoms with Gasteiger partial charge in [0.1, 0.15) is 23.8 Å². The van der Waals surface area contributed by atoms with E-state index in [2.05, 4.69) is 25.4 Å². The highest BCUT2D eigenvalue weighted by molar-refractivity contribution is 5.49. The molecule has 3 aromatic rings. The number of aliphatic hydroxyl groups is 1. The molecule has 0 saturated carbocycles. The van der Waals surface area contributed by atoms with Gasteiger partial charge in [-0.25, -0.2) is 19.6 Å². The minimum atomic E-state index is -4.57. The first-order valence-corrected chi connectivity index (χ1v) is 8.95. The molecule has 1 atom stereocenters. The van der Waals surface area contributed by atoms with Gasteiger partial charge in [-0.2, -0.15) is 13.2 Å². The number of hydrogen-bond donors (Lipinski definition) is 2. The number of aliphatic hydroxyl groups excluding tert-OH is 1. The van der Waals surface area contributed by atoms with Gasteiger partial charge in [-0.1, -0.05) is 30.3 Å². The van der Waals surface area contributed by atoms with Gasteiger partial charge in [-0.15, -0.1) is 5.10 Å². The van der Waals surface area contributed by atoms with Crippen molar-refractivity contribution >= 4 is 11.6 Å². The highest BCUT2D eigenvalue weighted by atomic mass is 19.4. The fourth-order valence-corrected chi connectivity index (χ4v) is 3.06. The Kier molecular flexibility index (Phi) is 5.05. The molecule has 0 aliphatic carbocycles. The van der Waals surface area contributed by atoms with Crippen LogP contribution in [0.5, 0.6) is 0 Å². The summed E-state index contributed by atoms with van der Waals surface area (Å²) >= 11 is 0. The minimum Gasteiger partial charge on any atom is -0.387 e. The second kappa shape index (κ2) is 7.66. The highest BCUT2D eigenvalue weighted by Gasteiger charge is 2.38. The predicted molar refractivity (Wildman–Crippen MR) is 98.0 cm³/mol. The largest absolute Gasteiger partial charge is 0.453 e. The first-order valence-electron chi connectivity index (χ1n) is 8.95. The summed E-state index contributed by atoms with van der Waals surface area (Å²) in [5.41, 5.74) is 0.783. The molecule has 4 rings (SSSR count). The maximum Gasteiger partial charge on any atom is 0.453 e. The second-order valence-corrected chi connectivity index (χ2v) is 6.56. The topological polar surface area (TPSA) is 92.0 Å². The number of aromatic nitrogens is 5. The molecule has 0 saturated heterocycles. The zero-order valence-corrected chi connectivity index (χ0v) is 15.2. The smallest absolute Gasteiger partial charge is 0.387 e. The third-order valence-electron chi connectivity index (χ3n) is 4.55. The molecule has 0 radical (unpaired) electrons. The summed E-state index contributed by atoms with van der Waals surface area (Å²) < 4.78 is 39.7. The zero-order chi connectivity index (χ0) is 20.4. The van der Waals surface area contributed by atoms with Crippen LogP contribution in [0.25, 0.3) is 0 Å². The van der Waals surface area contributed by atoms with Gasteiger partial charge >= 0.3 is 6.18 Å². The van der Waals surface area contributed by atoms with E-state index in [9.17, 15) is 18.3 Å². The lowest BCUT2D eigenvalue weighted by atomic mass is 10.1. The molecular weight excluding hydrogens is 387 g/mol. The van der Waals surface area contributed by atoms with E-state index in [1.165, 1.54) is 11.0 Å². The summed E-state index contributed by atoms with van der Waals surface area (Å²) in [5.74, 6) is 0.165. The van der Waals surface area contributed by atoms with Gasteiger partial charge in [-0.3, -0.25) is 0 Å². The second-order valence-electron chi connectivity index (χ2n) is 6.56. The van der Waals surface area contributed by atoms with E-state index >= 15 is 0 Å². The van der Waals surface area contributed by atoms with Gasteiger partial charge < -0.3 is 15.3 Å². The van der Waals surface area contributed by atoms with Crippen LogP contribution >= 0.6 is 0 Å². The Morgan fingerprint density at radius 3 is 2.69 bits per heavy atom. The molecule has 8 nitrogen and oxygen atoms in total. The van der Waals surface area contributed by atoms with E-state index in [0.717, 1.165) is 5.56 Å². The first-order chi connectivity index (χ1) is 13.9. The van der Waals surface area contributed by atoms with Crippen molar-refractivity contribution in [2.45, 2.75) is 25.4 Å². The lowest BCUT2D eigenvalue weighted by Gasteiger charge is -2.27. The molecular formula is C18H18F3N7O. The molecule has 1 aromatic carbocycles. The van der Waals surface area contributed by atoms with E-state index in [0.29, 0.717) is 18.2 Å². The molecule has 1 aliphatic rings. The van der Waals surface area contributed by atoms with Crippen LogP contribution in [0.15, 0.2) is 42.7 Å². The summed E-state index contributed by atoms with van der Waals surface area (Å²) in [5, 5.41) is 16.8. The van der Waals surface area contributed by atoms with E-state index in [-0.39, 0.29) is 25.5 Å². The molecule has 0 bridgehead atoms. The standard InChI is InChI=1S/C18H18F3N7O/c19-18(20,21)17-25-16-10-27(6-7-28(16)26-17)15-8-14(23-11-24-15)22-9-13(29)12-4-2-1-3-5-12/h1-5,8,11,13,29H,6-7,9-10H2,(H,22,23,24)/t13-/m0/s1. The molecule has 152 valence electrons. The number of nitrogens with one attached hydrogen (secondary N) is 1. The Morgan fingerprint density at radius 1 is 1.14 bits per heavy atom. The highest BCUT2D eigenvalue weighted by Crippen LogP contribution is 2.28. The Morgan fingerprint density at radius 2 is 1.93 bits per heavy atom. The Bertz CT molecular complexity index is 977. The average molecular weight is 405 g/mol. The molecule has 1 aliphatic heterocycles. The van der Waals surface area contributed by atoms with Crippen LogP contribution in [0, 0.1) is 0 Å². The molecule has 0 unspecified atom stereocenters. The van der Waals surface area contributed by atoms with Crippen molar-refractivity contribution in [3.63, 3.8) is 0 Å². The van der Waals surface area contributed by atoms with Crippen molar-refractivity contribution in [3.05, 3.63) is 59.9 Å². The van der Waals surface area contributed by atoms with Crippen LogP contribution < -0.4 is 10.2 Å². The molecule has 0 amide bonds. The molecule has 29 heavy (non-hydrogen) atoms. The quantitative estimate of drug-likeness (QED) is 0.673. The van der Waals surface area contributed by atoms with E-state index in [1.54, 1.807) is 6.07 Å². The number of hydrogen-bond acceptors (Lipinski definition) is 7. The normalized spacial score (nSPS) is 15.1. The molecule has 2 N–H and O–H groups in total. The van der Waals surface area contributed by atoms with Crippen molar-refractivity contribution in [1.29, 1.82) is 0 Å². The molecule has 3 heterocycles. The third-order valence-corrected chi connectivity index (χ3v) is 4.55. The summed E-state index contributed by atoms with van der Waals surface area (Å²) in [6.45, 7) is 1.13. The lowest BCUT2D eigenvalue weighted by molar-refractivity contribution is -0.145. The van der Waals surface area contributed by atoms with Crippen molar-refractivity contribution < 1.29 is 18.3 Å². The van der Waals surface area contributed by atoms with Crippen LogP contribution in [-0.2, 0) is 19.3 Å². The number of halogens is 3. The maximum atomic E-state index is 12.8. The van der Waals surface area contributed by atoms with Gasteiger partial charge in [0.2, 0.25) is 0 Å². The Hall–Kier alpha value is -3.21.